The van der Waals surface area contributed by atoms with E-state index in [9.17, 15) is 14.9 Å². The Morgan fingerprint density at radius 3 is 2.42 bits per heavy atom. The summed E-state index contributed by atoms with van der Waals surface area (Å²) in [6.07, 6.45) is 2.37. The van der Waals surface area contributed by atoms with Crippen molar-refractivity contribution in [3.63, 3.8) is 0 Å². The average molecular weight is 328 g/mol. The summed E-state index contributed by atoms with van der Waals surface area (Å²) in [5.41, 5.74) is 0.976. The number of hydrogen-bond donors (Lipinski definition) is 1. The first-order chi connectivity index (χ1) is 11.7. The van der Waals surface area contributed by atoms with Crippen LogP contribution in [0.4, 0.5) is 0 Å². The minimum absolute atomic E-state index is 0.0584. The number of ether oxygens (including phenoxy) is 1. The maximum absolute atomic E-state index is 12.1. The molecule has 7 heteroatoms. The number of hydrogen-bond acceptors (Lipinski definition) is 5. The molecule has 0 saturated carbocycles. The van der Waals surface area contributed by atoms with Crippen LogP contribution in [0.2, 0.25) is 0 Å². The normalized spacial score (nSPS) is 14.8. The third kappa shape index (κ3) is 4.74. The van der Waals surface area contributed by atoms with E-state index in [1.54, 1.807) is 18.2 Å². The molecule has 0 spiro atoms. The molecule has 1 aromatic carbocycles. The summed E-state index contributed by atoms with van der Waals surface area (Å²) in [7, 11) is 1.59. The highest BCUT2D eigenvalue weighted by atomic mass is 16.5. The number of nitrogens with zero attached hydrogens (tertiary/aromatic N) is 3. The largest absolute Gasteiger partial charge is 0.497 e. The zero-order valence-electron chi connectivity index (χ0n) is 13.6. The Morgan fingerprint density at radius 1 is 1.25 bits per heavy atom. The Labute approximate surface area is 141 Å². The molecule has 0 unspecified atom stereocenters. The summed E-state index contributed by atoms with van der Waals surface area (Å²) in [6, 6.07) is 9.27. The maximum atomic E-state index is 12.1. The van der Waals surface area contributed by atoms with Gasteiger partial charge in [-0.3, -0.25) is 9.59 Å². The molecule has 1 saturated heterocycles. The molecule has 0 aliphatic carbocycles. The first kappa shape index (κ1) is 17.3. The summed E-state index contributed by atoms with van der Waals surface area (Å²) < 4.78 is 5.08. The lowest BCUT2D eigenvalue weighted by Gasteiger charge is -2.31. The van der Waals surface area contributed by atoms with E-state index in [1.165, 1.54) is 0 Å². The van der Waals surface area contributed by atoms with Gasteiger partial charge in [0.2, 0.25) is 6.41 Å². The topological polar surface area (TPSA) is 85.7 Å². The van der Waals surface area contributed by atoms with Crippen LogP contribution in [0.3, 0.4) is 0 Å². The predicted molar refractivity (Wildman–Crippen MR) is 87.7 cm³/mol. The number of piperazine rings is 1. The minimum atomic E-state index is -0.411. The molecule has 7 nitrogen and oxygen atoms in total. The van der Waals surface area contributed by atoms with Gasteiger partial charge in [-0.2, -0.15) is 5.26 Å². The van der Waals surface area contributed by atoms with Crippen molar-refractivity contribution in [1.29, 1.82) is 5.26 Å². The van der Waals surface area contributed by atoms with Crippen molar-refractivity contribution in [2.24, 2.45) is 0 Å². The third-order valence-corrected chi connectivity index (χ3v) is 3.79. The lowest BCUT2D eigenvalue weighted by Crippen LogP contribution is -2.43. The quantitative estimate of drug-likeness (QED) is 0.467. The van der Waals surface area contributed by atoms with Gasteiger partial charge in [0, 0.05) is 38.9 Å². The van der Waals surface area contributed by atoms with Crippen LogP contribution in [-0.2, 0) is 16.1 Å². The van der Waals surface area contributed by atoms with Crippen molar-refractivity contribution in [2.45, 2.75) is 6.54 Å². The molecule has 24 heavy (non-hydrogen) atoms. The molecular weight excluding hydrogens is 308 g/mol. The SMILES string of the molecule is COc1ccc(CNC(=O)/C(C#N)=C\N2CCN(C=O)CC2)cc1. The van der Waals surface area contributed by atoms with Gasteiger partial charge in [-0.15, -0.1) is 0 Å². The first-order valence-electron chi connectivity index (χ1n) is 7.62. The molecular formula is C17H20N4O3. The van der Waals surface area contributed by atoms with E-state index in [1.807, 2.05) is 35.2 Å². The molecule has 1 heterocycles. The molecule has 1 N–H and O–H groups in total. The zero-order valence-corrected chi connectivity index (χ0v) is 13.6. The van der Waals surface area contributed by atoms with Crippen molar-refractivity contribution >= 4 is 12.3 Å². The molecule has 0 atom stereocenters. The molecule has 1 aliphatic heterocycles. The van der Waals surface area contributed by atoms with Gasteiger partial charge < -0.3 is 19.9 Å². The lowest BCUT2D eigenvalue weighted by atomic mass is 10.2. The first-order valence-corrected chi connectivity index (χ1v) is 7.62. The van der Waals surface area contributed by atoms with Crippen LogP contribution in [0.5, 0.6) is 5.75 Å². The standard InChI is InChI=1S/C17H20N4O3/c1-24-16-4-2-14(3-5-16)11-19-17(23)15(10-18)12-20-6-8-21(13-22)9-7-20/h2-5,12-13H,6-9,11H2,1H3,(H,19,23)/b15-12-. The molecule has 1 fully saturated rings. The Morgan fingerprint density at radius 2 is 1.88 bits per heavy atom. The highest BCUT2D eigenvalue weighted by Gasteiger charge is 2.16. The predicted octanol–water partition coefficient (Wildman–Crippen LogP) is 0.493. The lowest BCUT2D eigenvalue weighted by molar-refractivity contribution is -0.119. The number of methoxy groups -OCH3 is 1. The van der Waals surface area contributed by atoms with E-state index in [0.717, 1.165) is 17.7 Å². The second kappa shape index (κ2) is 8.58. The molecule has 126 valence electrons. The van der Waals surface area contributed by atoms with Crippen molar-refractivity contribution < 1.29 is 14.3 Å². The molecule has 0 radical (unpaired) electrons. The molecule has 1 aromatic rings. The van der Waals surface area contributed by atoms with Gasteiger partial charge in [0.1, 0.15) is 17.4 Å². The highest BCUT2D eigenvalue weighted by molar-refractivity contribution is 5.97. The second-order valence-electron chi connectivity index (χ2n) is 5.36. The van der Waals surface area contributed by atoms with E-state index in [2.05, 4.69) is 5.32 Å². The van der Waals surface area contributed by atoms with E-state index in [4.69, 9.17) is 4.74 Å². The van der Waals surface area contributed by atoms with E-state index in [0.29, 0.717) is 32.7 Å². The van der Waals surface area contributed by atoms with Gasteiger partial charge in [0.25, 0.3) is 5.91 Å². The Bertz CT molecular complexity index is 641. The number of nitrogens with one attached hydrogen (secondary N) is 1. The Balaban J connectivity index is 1.90. The number of nitriles is 1. The molecule has 0 bridgehead atoms. The summed E-state index contributed by atoms with van der Waals surface area (Å²) in [5, 5.41) is 11.9. The van der Waals surface area contributed by atoms with Crippen LogP contribution in [-0.4, -0.2) is 55.4 Å². The molecule has 0 aromatic heterocycles. The summed E-state index contributed by atoms with van der Waals surface area (Å²) >= 11 is 0. The number of amides is 2. The summed E-state index contributed by atoms with van der Waals surface area (Å²) in [5.74, 6) is 0.336. The van der Waals surface area contributed by atoms with Crippen LogP contribution in [0.25, 0.3) is 0 Å². The number of carbonyl (C=O) groups is 2. The second-order valence-corrected chi connectivity index (χ2v) is 5.36. The minimum Gasteiger partial charge on any atom is -0.497 e. The number of benzene rings is 1. The van der Waals surface area contributed by atoms with E-state index < -0.39 is 5.91 Å². The van der Waals surface area contributed by atoms with E-state index >= 15 is 0 Å². The van der Waals surface area contributed by atoms with Crippen molar-refractivity contribution in [3.05, 3.63) is 41.6 Å². The molecule has 2 amide bonds. The molecule has 1 aliphatic rings. The van der Waals surface area contributed by atoms with Gasteiger partial charge in [0.15, 0.2) is 0 Å². The smallest absolute Gasteiger partial charge is 0.263 e. The molecule has 2 rings (SSSR count). The van der Waals surface area contributed by atoms with Crippen LogP contribution in [0.1, 0.15) is 5.56 Å². The fourth-order valence-corrected chi connectivity index (χ4v) is 2.31. The van der Waals surface area contributed by atoms with Gasteiger partial charge in [-0.25, -0.2) is 0 Å². The van der Waals surface area contributed by atoms with Crippen molar-refractivity contribution in [1.82, 2.24) is 15.1 Å². The van der Waals surface area contributed by atoms with Crippen LogP contribution < -0.4 is 10.1 Å². The fourth-order valence-electron chi connectivity index (χ4n) is 2.31. The fraction of sp³-hybridized carbons (Fsp3) is 0.353. The zero-order chi connectivity index (χ0) is 17.4. The summed E-state index contributed by atoms with van der Waals surface area (Å²) in [6.45, 7) is 2.73. The highest BCUT2D eigenvalue weighted by Crippen LogP contribution is 2.11. The van der Waals surface area contributed by atoms with Gasteiger partial charge >= 0.3 is 0 Å². The average Bonchev–Trinajstić information content (AvgIpc) is 2.65. The number of rotatable bonds is 6. The van der Waals surface area contributed by atoms with E-state index in [-0.39, 0.29) is 5.57 Å². The Kier molecular flexibility index (Phi) is 6.20. The van der Waals surface area contributed by atoms with Gasteiger partial charge in [-0.05, 0) is 17.7 Å². The monoisotopic (exact) mass is 328 g/mol. The van der Waals surface area contributed by atoms with Crippen LogP contribution in [0, 0.1) is 11.3 Å². The Hall–Kier alpha value is -3.01. The maximum Gasteiger partial charge on any atom is 0.263 e. The van der Waals surface area contributed by atoms with Gasteiger partial charge in [-0.1, -0.05) is 12.1 Å². The number of carbonyl (C=O) groups excluding carboxylic acids is 2. The van der Waals surface area contributed by atoms with Crippen molar-refractivity contribution in [3.8, 4) is 11.8 Å². The van der Waals surface area contributed by atoms with Crippen LogP contribution in [0.15, 0.2) is 36.0 Å². The van der Waals surface area contributed by atoms with Gasteiger partial charge in [0.05, 0.1) is 7.11 Å². The summed E-state index contributed by atoms with van der Waals surface area (Å²) in [4.78, 5) is 26.4. The van der Waals surface area contributed by atoms with Crippen molar-refractivity contribution in [2.75, 3.05) is 33.3 Å². The third-order valence-electron chi connectivity index (χ3n) is 3.79. The van der Waals surface area contributed by atoms with Crippen LogP contribution >= 0.6 is 0 Å².